The van der Waals surface area contributed by atoms with Gasteiger partial charge in [0.25, 0.3) is 0 Å². The highest BCUT2D eigenvalue weighted by Crippen LogP contribution is 2.24. The molecule has 1 saturated heterocycles. The van der Waals surface area contributed by atoms with Crippen LogP contribution in [0.3, 0.4) is 0 Å². The van der Waals surface area contributed by atoms with Gasteiger partial charge >= 0.3 is 0 Å². The maximum atomic E-state index is 13.0. The Bertz CT molecular complexity index is 713. The van der Waals surface area contributed by atoms with E-state index in [9.17, 15) is 4.39 Å². The maximum Gasteiger partial charge on any atom is 0.123 e. The van der Waals surface area contributed by atoms with Crippen LogP contribution in [-0.2, 0) is 0 Å². The van der Waals surface area contributed by atoms with Crippen LogP contribution in [0.1, 0.15) is 5.56 Å². The Morgan fingerprint density at radius 3 is 2.17 bits per heavy atom. The molecule has 0 saturated carbocycles. The average Bonchev–Trinajstić information content (AvgIpc) is 2.57. The van der Waals surface area contributed by atoms with Gasteiger partial charge in [-0.3, -0.25) is 0 Å². The number of hydrogen-bond acceptors (Lipinski definition) is 2. The molecule has 0 aromatic heterocycles. The van der Waals surface area contributed by atoms with Crippen LogP contribution < -0.4 is 4.90 Å². The fourth-order valence-corrected chi connectivity index (χ4v) is 3.24. The second-order valence-corrected chi connectivity index (χ2v) is 6.59. The summed E-state index contributed by atoms with van der Waals surface area (Å²) in [6.45, 7) is 3.31. The molecule has 1 aliphatic heterocycles. The molecule has 0 unspecified atom stereocenters. The minimum atomic E-state index is -0.215. The molecule has 120 valence electrons. The summed E-state index contributed by atoms with van der Waals surface area (Å²) in [5, 5.41) is 1.04. The summed E-state index contributed by atoms with van der Waals surface area (Å²) >= 11 is 17.6. The molecule has 6 heteroatoms. The number of halogens is 3. The zero-order valence-electron chi connectivity index (χ0n) is 12.3. The van der Waals surface area contributed by atoms with Crippen LogP contribution in [0.2, 0.25) is 10.0 Å². The zero-order valence-corrected chi connectivity index (χ0v) is 14.6. The Labute approximate surface area is 150 Å². The molecule has 0 bridgehead atoms. The van der Waals surface area contributed by atoms with Crippen molar-refractivity contribution in [3.8, 4) is 0 Å². The summed E-state index contributed by atoms with van der Waals surface area (Å²) in [7, 11) is 0. The molecule has 0 amide bonds. The number of hydrogen-bond donors (Lipinski definition) is 0. The fourth-order valence-electron chi connectivity index (χ4n) is 2.63. The Morgan fingerprint density at radius 1 is 0.913 bits per heavy atom. The van der Waals surface area contributed by atoms with Gasteiger partial charge in [0.05, 0.1) is 10.0 Å². The third-order valence-corrected chi connectivity index (χ3v) is 5.16. The molecule has 1 fully saturated rings. The minimum absolute atomic E-state index is 0.215. The molecule has 0 atom stereocenters. The first-order valence-corrected chi connectivity index (χ1v) is 8.46. The van der Waals surface area contributed by atoms with Crippen molar-refractivity contribution >= 4 is 46.1 Å². The van der Waals surface area contributed by atoms with E-state index in [1.165, 1.54) is 12.1 Å². The Balaban J connectivity index is 1.65. The highest BCUT2D eigenvalue weighted by molar-refractivity contribution is 7.80. The fraction of sp³-hybridized carbons (Fsp3) is 0.235. The lowest BCUT2D eigenvalue weighted by Gasteiger charge is -2.37. The molecule has 2 aromatic carbocycles. The molecule has 0 spiro atoms. The molecule has 2 nitrogen and oxygen atoms in total. The van der Waals surface area contributed by atoms with E-state index in [1.54, 1.807) is 12.1 Å². The van der Waals surface area contributed by atoms with Crippen LogP contribution in [0.25, 0.3) is 0 Å². The van der Waals surface area contributed by atoms with Crippen molar-refractivity contribution in [2.75, 3.05) is 31.1 Å². The van der Waals surface area contributed by atoms with Crippen LogP contribution in [0, 0.1) is 5.82 Å². The SMILES string of the molecule is Fc1ccc(N2CCN(C(=S)c3ccc(Cl)c(Cl)c3)CC2)cc1. The van der Waals surface area contributed by atoms with E-state index in [0.717, 1.165) is 42.4 Å². The van der Waals surface area contributed by atoms with Crippen LogP contribution in [-0.4, -0.2) is 36.1 Å². The summed E-state index contributed by atoms with van der Waals surface area (Å²) in [5.41, 5.74) is 1.94. The minimum Gasteiger partial charge on any atom is -0.368 e. The molecule has 0 N–H and O–H groups in total. The third kappa shape index (κ3) is 3.77. The van der Waals surface area contributed by atoms with E-state index >= 15 is 0 Å². The van der Waals surface area contributed by atoms with Crippen molar-refractivity contribution in [2.24, 2.45) is 0 Å². The van der Waals surface area contributed by atoms with E-state index in [2.05, 4.69) is 9.80 Å². The van der Waals surface area contributed by atoms with Gasteiger partial charge in [0.15, 0.2) is 0 Å². The van der Waals surface area contributed by atoms with E-state index in [-0.39, 0.29) is 5.82 Å². The highest BCUT2D eigenvalue weighted by Gasteiger charge is 2.20. The smallest absolute Gasteiger partial charge is 0.123 e. The number of anilines is 1. The van der Waals surface area contributed by atoms with E-state index in [4.69, 9.17) is 35.4 Å². The van der Waals surface area contributed by atoms with Crippen LogP contribution in [0.15, 0.2) is 42.5 Å². The molecule has 0 radical (unpaired) electrons. The first kappa shape index (κ1) is 16.5. The maximum absolute atomic E-state index is 13.0. The molecular formula is C17H15Cl2FN2S. The largest absolute Gasteiger partial charge is 0.368 e. The molecule has 23 heavy (non-hydrogen) atoms. The quantitative estimate of drug-likeness (QED) is 0.713. The monoisotopic (exact) mass is 368 g/mol. The van der Waals surface area contributed by atoms with Crippen LogP contribution in [0.5, 0.6) is 0 Å². The van der Waals surface area contributed by atoms with Gasteiger partial charge in [-0.15, -0.1) is 0 Å². The average molecular weight is 369 g/mol. The van der Waals surface area contributed by atoms with Crippen molar-refractivity contribution in [3.63, 3.8) is 0 Å². The van der Waals surface area contributed by atoms with Gasteiger partial charge in [-0.2, -0.15) is 0 Å². The van der Waals surface area contributed by atoms with Crippen molar-refractivity contribution in [2.45, 2.75) is 0 Å². The van der Waals surface area contributed by atoms with Crippen LogP contribution in [0.4, 0.5) is 10.1 Å². The van der Waals surface area contributed by atoms with Gasteiger partial charge in [0.1, 0.15) is 10.8 Å². The van der Waals surface area contributed by atoms with Gasteiger partial charge in [-0.1, -0.05) is 41.5 Å². The van der Waals surface area contributed by atoms with E-state index in [0.29, 0.717) is 10.0 Å². The summed E-state index contributed by atoms with van der Waals surface area (Å²) in [6.07, 6.45) is 0. The third-order valence-electron chi connectivity index (χ3n) is 3.93. The van der Waals surface area contributed by atoms with Gasteiger partial charge in [-0.25, -0.2) is 4.39 Å². The van der Waals surface area contributed by atoms with E-state index < -0.39 is 0 Å². The summed E-state index contributed by atoms with van der Waals surface area (Å²) in [4.78, 5) is 5.17. The molecule has 2 aromatic rings. The van der Waals surface area contributed by atoms with Gasteiger partial charge < -0.3 is 9.80 Å². The predicted octanol–water partition coefficient (Wildman–Crippen LogP) is 4.63. The molecule has 0 aliphatic carbocycles. The topological polar surface area (TPSA) is 6.48 Å². The number of thiocarbonyl (C=S) groups is 1. The van der Waals surface area contributed by atoms with Gasteiger partial charge in [-0.05, 0) is 36.4 Å². The number of rotatable bonds is 2. The number of piperazine rings is 1. The predicted molar refractivity (Wildman–Crippen MR) is 98.3 cm³/mol. The van der Waals surface area contributed by atoms with Crippen LogP contribution >= 0.6 is 35.4 Å². The van der Waals surface area contributed by atoms with Gasteiger partial charge in [0.2, 0.25) is 0 Å². The first-order chi connectivity index (χ1) is 11.0. The number of benzene rings is 2. The molecule has 1 aliphatic rings. The Morgan fingerprint density at radius 2 is 1.57 bits per heavy atom. The molecular weight excluding hydrogens is 354 g/mol. The standard InChI is InChI=1S/C17H15Cl2FN2S/c18-15-6-1-12(11-16(15)19)17(23)22-9-7-21(8-10-22)14-4-2-13(20)3-5-14/h1-6,11H,7-10H2. The summed E-state index contributed by atoms with van der Waals surface area (Å²) in [6, 6.07) is 12.1. The lowest BCUT2D eigenvalue weighted by Crippen LogP contribution is -2.48. The lowest BCUT2D eigenvalue weighted by atomic mass is 10.2. The van der Waals surface area contributed by atoms with Crippen molar-refractivity contribution in [1.82, 2.24) is 4.90 Å². The van der Waals surface area contributed by atoms with E-state index in [1.807, 2.05) is 18.2 Å². The van der Waals surface area contributed by atoms with Gasteiger partial charge in [0, 0.05) is 37.4 Å². The first-order valence-electron chi connectivity index (χ1n) is 7.29. The second-order valence-electron chi connectivity index (χ2n) is 5.38. The zero-order chi connectivity index (χ0) is 16.4. The Kier molecular flexibility index (Phi) is 5.05. The van der Waals surface area contributed by atoms with Crippen molar-refractivity contribution < 1.29 is 4.39 Å². The highest BCUT2D eigenvalue weighted by atomic mass is 35.5. The van der Waals surface area contributed by atoms with Crippen molar-refractivity contribution in [1.29, 1.82) is 0 Å². The lowest BCUT2D eigenvalue weighted by molar-refractivity contribution is 0.392. The molecule has 3 rings (SSSR count). The normalized spacial score (nSPS) is 14.9. The summed E-state index contributed by atoms with van der Waals surface area (Å²) in [5.74, 6) is -0.215. The summed E-state index contributed by atoms with van der Waals surface area (Å²) < 4.78 is 13.0. The molecule has 1 heterocycles. The number of nitrogens with zero attached hydrogens (tertiary/aromatic N) is 2. The Hall–Kier alpha value is -1.36. The van der Waals surface area contributed by atoms with Crippen molar-refractivity contribution in [3.05, 3.63) is 63.9 Å². The second kappa shape index (κ2) is 7.04.